The normalized spacial score (nSPS) is 11.8. The fourth-order valence-corrected chi connectivity index (χ4v) is 2.87. The number of carbonyl (C=O) groups excluding carboxylic acids is 1. The third-order valence-electron chi connectivity index (χ3n) is 3.42. The lowest BCUT2D eigenvalue weighted by molar-refractivity contribution is -0.137. The number of carbonyl (C=O) groups is 1. The van der Waals surface area contributed by atoms with E-state index in [0.29, 0.717) is 5.56 Å². The molecule has 0 saturated heterocycles. The van der Waals surface area contributed by atoms with E-state index in [4.69, 9.17) is 0 Å². The molecule has 0 aromatic heterocycles. The second-order valence-electron chi connectivity index (χ2n) is 5.62. The lowest BCUT2D eigenvalue weighted by Crippen LogP contribution is -2.27. The van der Waals surface area contributed by atoms with Gasteiger partial charge in [0.25, 0.3) is 5.91 Å². The van der Waals surface area contributed by atoms with Gasteiger partial charge in [-0.15, -0.1) is 0 Å². The summed E-state index contributed by atoms with van der Waals surface area (Å²) in [5.41, 5.74) is -0.0553. The van der Waals surface area contributed by atoms with Gasteiger partial charge in [0.2, 0.25) is 10.0 Å². The van der Waals surface area contributed by atoms with Gasteiger partial charge in [-0.2, -0.15) is 13.2 Å². The zero-order valence-corrected chi connectivity index (χ0v) is 14.6. The van der Waals surface area contributed by atoms with Gasteiger partial charge in [-0.25, -0.2) is 8.42 Å². The number of hydrogen-bond acceptors (Lipinski definition) is 3. The summed E-state index contributed by atoms with van der Waals surface area (Å²) in [5.74, 6) is -0.524. The first kappa shape index (κ1) is 19.8. The van der Waals surface area contributed by atoms with Gasteiger partial charge < -0.3 is 5.32 Å². The molecule has 0 saturated carbocycles. The van der Waals surface area contributed by atoms with Crippen molar-refractivity contribution >= 4 is 21.6 Å². The van der Waals surface area contributed by atoms with Crippen LogP contribution in [0.3, 0.4) is 0 Å². The standard InChI is InChI=1S/C17H17F3N2O3S/c1-26(24,25)22-15-8-3-2-7-14(15)16(23)21-10-9-12-5-4-6-13(11-12)17(18,19)20/h2-8,11,22H,9-10H2,1H3,(H,21,23). The summed E-state index contributed by atoms with van der Waals surface area (Å²) < 4.78 is 63.0. The van der Waals surface area contributed by atoms with E-state index in [2.05, 4.69) is 10.0 Å². The van der Waals surface area contributed by atoms with Crippen LogP contribution in [0.1, 0.15) is 21.5 Å². The molecule has 5 nitrogen and oxygen atoms in total. The topological polar surface area (TPSA) is 75.3 Å². The first-order valence-corrected chi connectivity index (χ1v) is 9.46. The first-order valence-electron chi connectivity index (χ1n) is 7.57. The lowest BCUT2D eigenvalue weighted by Gasteiger charge is -2.12. The van der Waals surface area contributed by atoms with Crippen molar-refractivity contribution in [2.75, 3.05) is 17.5 Å². The Kier molecular flexibility index (Phi) is 5.91. The molecule has 9 heteroatoms. The van der Waals surface area contributed by atoms with Crippen LogP contribution in [0.2, 0.25) is 0 Å². The minimum atomic E-state index is -4.42. The Hall–Kier alpha value is -2.55. The number of halogens is 3. The smallest absolute Gasteiger partial charge is 0.352 e. The van der Waals surface area contributed by atoms with Gasteiger partial charge >= 0.3 is 6.18 Å². The van der Waals surface area contributed by atoms with E-state index in [0.717, 1.165) is 18.4 Å². The number of hydrogen-bond donors (Lipinski definition) is 2. The monoisotopic (exact) mass is 386 g/mol. The molecular formula is C17H17F3N2O3S. The fraction of sp³-hybridized carbons (Fsp3) is 0.235. The average Bonchev–Trinajstić information content (AvgIpc) is 2.53. The molecule has 140 valence electrons. The van der Waals surface area contributed by atoms with Gasteiger partial charge in [-0.1, -0.05) is 30.3 Å². The minimum absolute atomic E-state index is 0.105. The first-order chi connectivity index (χ1) is 12.1. The average molecular weight is 386 g/mol. The molecule has 0 fully saturated rings. The summed E-state index contributed by atoms with van der Waals surface area (Å²) in [5, 5.41) is 2.58. The third kappa shape index (κ3) is 5.76. The quantitative estimate of drug-likeness (QED) is 0.801. The molecular weight excluding hydrogens is 369 g/mol. The van der Waals surface area contributed by atoms with Crippen LogP contribution in [-0.2, 0) is 22.6 Å². The third-order valence-corrected chi connectivity index (χ3v) is 4.01. The van der Waals surface area contributed by atoms with Crippen molar-refractivity contribution in [1.82, 2.24) is 5.32 Å². The van der Waals surface area contributed by atoms with Crippen molar-refractivity contribution < 1.29 is 26.4 Å². The molecule has 0 radical (unpaired) electrons. The number of anilines is 1. The van der Waals surface area contributed by atoms with Crippen LogP contribution in [0.25, 0.3) is 0 Å². The number of rotatable bonds is 6. The fourth-order valence-electron chi connectivity index (χ4n) is 2.29. The van der Waals surface area contributed by atoms with Crippen molar-refractivity contribution in [2.24, 2.45) is 0 Å². The molecule has 0 aliphatic carbocycles. The van der Waals surface area contributed by atoms with Gasteiger partial charge in [-0.05, 0) is 30.2 Å². The SMILES string of the molecule is CS(=O)(=O)Nc1ccccc1C(=O)NCCc1cccc(C(F)(F)F)c1. The van der Waals surface area contributed by atoms with E-state index in [9.17, 15) is 26.4 Å². The van der Waals surface area contributed by atoms with Gasteiger partial charge in [0.05, 0.1) is 23.1 Å². The summed E-state index contributed by atoms with van der Waals surface area (Å²) in [6, 6.07) is 10.9. The maximum Gasteiger partial charge on any atom is 0.416 e. The number of amides is 1. The van der Waals surface area contributed by atoms with Crippen LogP contribution in [0.4, 0.5) is 18.9 Å². The summed E-state index contributed by atoms with van der Waals surface area (Å²) in [7, 11) is -3.55. The molecule has 0 bridgehead atoms. The van der Waals surface area contributed by atoms with E-state index in [1.54, 1.807) is 18.2 Å². The van der Waals surface area contributed by atoms with E-state index in [1.807, 2.05) is 0 Å². The highest BCUT2D eigenvalue weighted by atomic mass is 32.2. The van der Waals surface area contributed by atoms with Crippen LogP contribution in [0, 0.1) is 0 Å². The van der Waals surface area contributed by atoms with Gasteiger partial charge in [0, 0.05) is 6.54 Å². The Morgan fingerprint density at radius 3 is 2.42 bits per heavy atom. The summed E-state index contributed by atoms with van der Waals surface area (Å²) >= 11 is 0. The van der Waals surface area contributed by atoms with Crippen molar-refractivity contribution in [3.63, 3.8) is 0 Å². The maximum atomic E-state index is 12.7. The zero-order chi connectivity index (χ0) is 19.4. The maximum absolute atomic E-state index is 12.7. The number of benzene rings is 2. The molecule has 2 aromatic carbocycles. The predicted molar refractivity (Wildman–Crippen MR) is 92.4 cm³/mol. The zero-order valence-electron chi connectivity index (χ0n) is 13.8. The van der Waals surface area contributed by atoms with Crippen LogP contribution >= 0.6 is 0 Å². The van der Waals surface area contributed by atoms with Crippen molar-refractivity contribution in [2.45, 2.75) is 12.6 Å². The molecule has 0 aliphatic rings. The van der Waals surface area contributed by atoms with Crippen LogP contribution < -0.4 is 10.0 Å². The molecule has 2 aromatic rings. The molecule has 2 N–H and O–H groups in total. The predicted octanol–water partition coefficient (Wildman–Crippen LogP) is 3.05. The van der Waals surface area contributed by atoms with E-state index < -0.39 is 27.7 Å². The molecule has 1 amide bonds. The molecule has 0 heterocycles. The highest BCUT2D eigenvalue weighted by molar-refractivity contribution is 7.92. The second-order valence-corrected chi connectivity index (χ2v) is 7.37. The molecule has 0 atom stereocenters. The van der Waals surface area contributed by atoms with Crippen molar-refractivity contribution in [1.29, 1.82) is 0 Å². The molecule has 26 heavy (non-hydrogen) atoms. The summed E-state index contributed by atoms with van der Waals surface area (Å²) in [6.07, 6.45) is -3.25. The van der Waals surface area contributed by atoms with E-state index in [1.165, 1.54) is 18.2 Å². The van der Waals surface area contributed by atoms with Gasteiger partial charge in [0.1, 0.15) is 0 Å². The second kappa shape index (κ2) is 7.77. The van der Waals surface area contributed by atoms with Crippen molar-refractivity contribution in [3.05, 3.63) is 65.2 Å². The van der Waals surface area contributed by atoms with E-state index in [-0.39, 0.29) is 24.2 Å². The molecule has 0 spiro atoms. The molecule has 0 unspecified atom stereocenters. The number of alkyl halides is 3. The molecule has 0 aliphatic heterocycles. The Morgan fingerprint density at radius 1 is 1.08 bits per heavy atom. The largest absolute Gasteiger partial charge is 0.416 e. The number of sulfonamides is 1. The van der Waals surface area contributed by atoms with Crippen LogP contribution in [-0.4, -0.2) is 27.1 Å². The highest BCUT2D eigenvalue weighted by Crippen LogP contribution is 2.29. The Labute approximate surface area is 149 Å². The number of para-hydroxylation sites is 1. The number of nitrogens with one attached hydrogen (secondary N) is 2. The van der Waals surface area contributed by atoms with E-state index >= 15 is 0 Å². The van der Waals surface area contributed by atoms with Gasteiger partial charge in [-0.3, -0.25) is 9.52 Å². The Balaban J connectivity index is 2.02. The van der Waals surface area contributed by atoms with Gasteiger partial charge in [0.15, 0.2) is 0 Å². The lowest BCUT2D eigenvalue weighted by atomic mass is 10.1. The van der Waals surface area contributed by atoms with Crippen LogP contribution in [0.5, 0.6) is 0 Å². The highest BCUT2D eigenvalue weighted by Gasteiger charge is 2.30. The summed E-state index contributed by atoms with van der Waals surface area (Å²) in [6.45, 7) is 0.105. The molecule has 2 rings (SSSR count). The van der Waals surface area contributed by atoms with Crippen LogP contribution in [0.15, 0.2) is 48.5 Å². The Morgan fingerprint density at radius 2 is 1.77 bits per heavy atom. The summed E-state index contributed by atoms with van der Waals surface area (Å²) in [4.78, 5) is 12.2. The minimum Gasteiger partial charge on any atom is -0.352 e. The van der Waals surface area contributed by atoms with Crippen molar-refractivity contribution in [3.8, 4) is 0 Å². The Bertz CT molecular complexity index is 896.